The van der Waals surface area contributed by atoms with E-state index in [-0.39, 0.29) is 5.41 Å². The van der Waals surface area contributed by atoms with E-state index in [1.807, 2.05) is 20.8 Å². The number of primary amides is 1. The van der Waals surface area contributed by atoms with E-state index in [0.29, 0.717) is 0 Å². The van der Waals surface area contributed by atoms with Gasteiger partial charge in [0, 0.05) is 0 Å². The molecule has 0 aliphatic rings. The van der Waals surface area contributed by atoms with Crippen LogP contribution in [0.2, 0.25) is 0 Å². The molecular weight excluding hydrogens is 206 g/mol. The maximum Gasteiger partial charge on any atom is 0.404 e. The molecule has 0 aromatic heterocycles. The molecule has 0 aliphatic heterocycles. The second kappa shape index (κ2) is 4.84. The number of rotatable bonds is 3. The molecule has 0 saturated heterocycles. The molecule has 0 bridgehead atoms. The number of aliphatic hydroxyl groups excluding tert-OH is 1. The van der Waals surface area contributed by atoms with Crippen LogP contribution in [0.1, 0.15) is 27.7 Å². The van der Waals surface area contributed by atoms with E-state index in [4.69, 9.17) is 17.3 Å². The fourth-order valence-corrected chi connectivity index (χ4v) is 1.21. The maximum atomic E-state index is 10.4. The Kier molecular flexibility index (Phi) is 4.68. The molecule has 5 heteroatoms. The van der Waals surface area contributed by atoms with Gasteiger partial charge >= 0.3 is 6.09 Å². The van der Waals surface area contributed by atoms with Crippen LogP contribution < -0.4 is 5.73 Å². The number of halogens is 1. The summed E-state index contributed by atoms with van der Waals surface area (Å²) < 4.78 is 4.63. The van der Waals surface area contributed by atoms with E-state index >= 15 is 0 Å². The molecule has 0 aromatic carbocycles. The predicted octanol–water partition coefficient (Wildman–Crippen LogP) is 1.48. The van der Waals surface area contributed by atoms with Gasteiger partial charge in [-0.2, -0.15) is 0 Å². The number of hydrogen-bond donors (Lipinski definition) is 2. The minimum atomic E-state index is -0.927. The molecule has 3 atom stereocenters. The number of carbonyl (C=O) groups excluding carboxylic acids is 1. The topological polar surface area (TPSA) is 72.5 Å². The number of aliphatic hydroxyl groups is 1. The van der Waals surface area contributed by atoms with Crippen molar-refractivity contribution in [3.8, 4) is 0 Å². The summed E-state index contributed by atoms with van der Waals surface area (Å²) in [6, 6.07) is 0. The van der Waals surface area contributed by atoms with Crippen LogP contribution in [0.5, 0.6) is 0 Å². The highest BCUT2D eigenvalue weighted by Crippen LogP contribution is 2.28. The van der Waals surface area contributed by atoms with Crippen LogP contribution in [0.3, 0.4) is 0 Å². The van der Waals surface area contributed by atoms with Crippen molar-refractivity contribution in [2.45, 2.75) is 45.3 Å². The predicted molar refractivity (Wildman–Crippen MR) is 55.2 cm³/mol. The molecule has 0 saturated carbocycles. The standard InChI is InChI=1S/C9H18ClNO3/c1-5(14-8(11)13)6(12)7(10)9(2,3)4/h5-7,12H,1-4H3,(H2,11,13). The molecule has 84 valence electrons. The second-order valence-electron chi connectivity index (χ2n) is 4.40. The van der Waals surface area contributed by atoms with Gasteiger partial charge in [-0.05, 0) is 12.3 Å². The summed E-state index contributed by atoms with van der Waals surface area (Å²) in [6.45, 7) is 7.23. The number of hydrogen-bond acceptors (Lipinski definition) is 3. The third-order valence-electron chi connectivity index (χ3n) is 1.91. The van der Waals surface area contributed by atoms with Crippen LogP contribution in [0, 0.1) is 5.41 Å². The lowest BCUT2D eigenvalue weighted by Gasteiger charge is -2.31. The first-order chi connectivity index (χ1) is 6.16. The molecule has 3 N–H and O–H groups in total. The van der Waals surface area contributed by atoms with Gasteiger partial charge in [0.25, 0.3) is 0 Å². The third-order valence-corrected chi connectivity index (χ3v) is 2.82. The van der Waals surface area contributed by atoms with Gasteiger partial charge in [0.15, 0.2) is 0 Å². The lowest BCUT2D eigenvalue weighted by Crippen LogP contribution is -2.42. The van der Waals surface area contributed by atoms with Crippen molar-refractivity contribution in [3.05, 3.63) is 0 Å². The Balaban J connectivity index is 4.31. The molecule has 1 amide bonds. The van der Waals surface area contributed by atoms with Crippen LogP contribution in [0.15, 0.2) is 0 Å². The number of amides is 1. The van der Waals surface area contributed by atoms with Gasteiger partial charge in [0.1, 0.15) is 12.2 Å². The molecule has 4 nitrogen and oxygen atoms in total. The Morgan fingerprint density at radius 1 is 1.50 bits per heavy atom. The summed E-state index contributed by atoms with van der Waals surface area (Å²) in [6.07, 6.45) is -2.53. The van der Waals surface area contributed by atoms with E-state index < -0.39 is 23.7 Å². The van der Waals surface area contributed by atoms with Crippen molar-refractivity contribution in [1.29, 1.82) is 0 Å². The van der Waals surface area contributed by atoms with Gasteiger partial charge in [-0.3, -0.25) is 0 Å². The van der Waals surface area contributed by atoms with Crippen molar-refractivity contribution in [3.63, 3.8) is 0 Å². The highest BCUT2D eigenvalue weighted by Gasteiger charge is 2.33. The van der Waals surface area contributed by atoms with Gasteiger partial charge in [0.2, 0.25) is 0 Å². The molecule has 0 aromatic rings. The molecule has 0 aliphatic carbocycles. The summed E-state index contributed by atoms with van der Waals surface area (Å²) in [5, 5.41) is 9.20. The molecule has 0 spiro atoms. The largest absolute Gasteiger partial charge is 0.444 e. The number of carbonyl (C=O) groups is 1. The maximum absolute atomic E-state index is 10.4. The summed E-state index contributed by atoms with van der Waals surface area (Å²) in [5.41, 5.74) is 4.56. The Morgan fingerprint density at radius 2 is 1.93 bits per heavy atom. The quantitative estimate of drug-likeness (QED) is 0.712. The highest BCUT2D eigenvalue weighted by molar-refractivity contribution is 6.21. The van der Waals surface area contributed by atoms with Gasteiger partial charge in [-0.1, -0.05) is 20.8 Å². The van der Waals surface area contributed by atoms with Crippen molar-refractivity contribution in [2.75, 3.05) is 0 Å². The average molecular weight is 224 g/mol. The smallest absolute Gasteiger partial charge is 0.404 e. The fourth-order valence-electron chi connectivity index (χ4n) is 1.00. The minimum Gasteiger partial charge on any atom is -0.444 e. The van der Waals surface area contributed by atoms with Crippen molar-refractivity contribution >= 4 is 17.7 Å². The summed E-state index contributed by atoms with van der Waals surface area (Å²) >= 11 is 6.00. The van der Waals surface area contributed by atoms with Crippen LogP contribution >= 0.6 is 11.6 Å². The first kappa shape index (κ1) is 13.5. The lowest BCUT2D eigenvalue weighted by molar-refractivity contribution is -0.000327. The van der Waals surface area contributed by atoms with E-state index in [1.165, 1.54) is 0 Å². The zero-order chi connectivity index (χ0) is 11.5. The SMILES string of the molecule is CC(OC(N)=O)C(O)C(Cl)C(C)(C)C. The first-order valence-electron chi connectivity index (χ1n) is 4.44. The fraction of sp³-hybridized carbons (Fsp3) is 0.889. The van der Waals surface area contributed by atoms with Crippen molar-refractivity contribution < 1.29 is 14.6 Å². The van der Waals surface area contributed by atoms with E-state index in [1.54, 1.807) is 6.92 Å². The summed E-state index contributed by atoms with van der Waals surface area (Å²) in [4.78, 5) is 10.4. The Morgan fingerprint density at radius 3 is 2.21 bits per heavy atom. The summed E-state index contributed by atoms with van der Waals surface area (Å²) in [5.74, 6) is 0. The van der Waals surface area contributed by atoms with Gasteiger partial charge in [-0.15, -0.1) is 11.6 Å². The van der Waals surface area contributed by atoms with Crippen LogP contribution in [-0.4, -0.2) is 28.8 Å². The Hall–Kier alpha value is -0.480. The third kappa shape index (κ3) is 4.15. The number of alkyl halides is 1. The zero-order valence-corrected chi connectivity index (χ0v) is 9.71. The van der Waals surface area contributed by atoms with Gasteiger partial charge in [-0.25, -0.2) is 4.79 Å². The normalized spacial score (nSPS) is 18.4. The van der Waals surface area contributed by atoms with Gasteiger partial charge in [0.05, 0.1) is 5.38 Å². The summed E-state index contributed by atoms with van der Waals surface area (Å²) in [7, 11) is 0. The minimum absolute atomic E-state index is 0.268. The van der Waals surface area contributed by atoms with Crippen LogP contribution in [-0.2, 0) is 4.74 Å². The molecule has 0 fully saturated rings. The van der Waals surface area contributed by atoms with Gasteiger partial charge < -0.3 is 15.6 Å². The van der Waals surface area contributed by atoms with Crippen LogP contribution in [0.4, 0.5) is 4.79 Å². The van der Waals surface area contributed by atoms with Crippen LogP contribution in [0.25, 0.3) is 0 Å². The molecule has 0 rings (SSSR count). The van der Waals surface area contributed by atoms with E-state index in [2.05, 4.69) is 4.74 Å². The second-order valence-corrected chi connectivity index (χ2v) is 4.87. The van der Waals surface area contributed by atoms with Crippen molar-refractivity contribution in [2.24, 2.45) is 11.1 Å². The number of ether oxygens (including phenoxy) is 1. The molecule has 3 unspecified atom stereocenters. The molecular formula is C9H18ClNO3. The molecule has 14 heavy (non-hydrogen) atoms. The lowest BCUT2D eigenvalue weighted by atomic mass is 9.87. The Bertz CT molecular complexity index is 203. The monoisotopic (exact) mass is 223 g/mol. The molecule has 0 radical (unpaired) electrons. The van der Waals surface area contributed by atoms with Crippen molar-refractivity contribution in [1.82, 2.24) is 0 Å². The number of nitrogens with two attached hydrogens (primary N) is 1. The first-order valence-corrected chi connectivity index (χ1v) is 4.88. The zero-order valence-electron chi connectivity index (χ0n) is 8.95. The average Bonchev–Trinajstić information content (AvgIpc) is 1.98. The Labute approximate surface area is 89.4 Å². The van der Waals surface area contributed by atoms with E-state index in [0.717, 1.165) is 0 Å². The highest BCUT2D eigenvalue weighted by atomic mass is 35.5. The van der Waals surface area contributed by atoms with E-state index in [9.17, 15) is 9.90 Å². The molecule has 0 heterocycles.